The van der Waals surface area contributed by atoms with Gasteiger partial charge in [0.2, 0.25) is 4.96 Å². The normalized spacial score (nSPS) is 11.5. The van der Waals surface area contributed by atoms with E-state index in [0.29, 0.717) is 10.7 Å². The summed E-state index contributed by atoms with van der Waals surface area (Å²) < 4.78 is 1.28. The van der Waals surface area contributed by atoms with Crippen molar-refractivity contribution in [3.63, 3.8) is 0 Å². The Morgan fingerprint density at radius 3 is 2.50 bits per heavy atom. The first-order valence-electron chi connectivity index (χ1n) is 7.91. The molecule has 3 aromatic rings. The van der Waals surface area contributed by atoms with Crippen LogP contribution in [0.25, 0.3) is 15.5 Å². The quantitative estimate of drug-likeness (QED) is 0.695. The van der Waals surface area contributed by atoms with Crippen LogP contribution in [0.5, 0.6) is 0 Å². The van der Waals surface area contributed by atoms with Crippen LogP contribution in [0.2, 0.25) is 5.02 Å². The van der Waals surface area contributed by atoms with Gasteiger partial charge in [-0.05, 0) is 25.6 Å². The van der Waals surface area contributed by atoms with E-state index in [1.165, 1.54) is 21.4 Å². The Labute approximate surface area is 149 Å². The Morgan fingerprint density at radius 2 is 1.88 bits per heavy atom. The molecule has 0 aliphatic rings. The molecule has 0 radical (unpaired) electrons. The van der Waals surface area contributed by atoms with Gasteiger partial charge < -0.3 is 0 Å². The molecule has 5 nitrogen and oxygen atoms in total. The molecule has 7 heteroatoms. The van der Waals surface area contributed by atoms with Crippen molar-refractivity contribution in [1.82, 2.24) is 19.5 Å². The van der Waals surface area contributed by atoms with Crippen LogP contribution in [-0.4, -0.2) is 32.6 Å². The van der Waals surface area contributed by atoms with Crippen LogP contribution >= 0.6 is 22.9 Å². The first-order valence-corrected chi connectivity index (χ1v) is 9.10. The minimum absolute atomic E-state index is 0.124. The lowest BCUT2D eigenvalue weighted by Gasteiger charge is -2.17. The summed E-state index contributed by atoms with van der Waals surface area (Å²) in [6, 6.07) is 8.29. The SMILES string of the molecule is CCN(CC)Cc1ccc(-c2nn3c(=O)c(Cl)c(C)nc3s2)cc1. The lowest BCUT2D eigenvalue weighted by Crippen LogP contribution is -2.21. The van der Waals surface area contributed by atoms with Crippen molar-refractivity contribution >= 4 is 27.9 Å². The van der Waals surface area contributed by atoms with E-state index >= 15 is 0 Å². The number of hydrogen-bond donors (Lipinski definition) is 0. The van der Waals surface area contributed by atoms with Crippen LogP contribution in [0, 0.1) is 6.92 Å². The van der Waals surface area contributed by atoms with Gasteiger partial charge in [0.1, 0.15) is 10.0 Å². The minimum Gasteiger partial charge on any atom is -0.300 e. The van der Waals surface area contributed by atoms with Crippen LogP contribution in [-0.2, 0) is 6.54 Å². The topological polar surface area (TPSA) is 50.5 Å². The summed E-state index contributed by atoms with van der Waals surface area (Å²) in [4.78, 5) is 19.4. The molecule has 0 saturated carbocycles. The molecule has 0 spiro atoms. The van der Waals surface area contributed by atoms with E-state index in [-0.39, 0.29) is 10.6 Å². The fourth-order valence-electron chi connectivity index (χ4n) is 2.50. The second-order valence-corrected chi connectivity index (χ2v) is 6.91. The molecular formula is C17H19ClN4OS. The molecule has 0 N–H and O–H groups in total. The van der Waals surface area contributed by atoms with Crippen molar-refractivity contribution in [3.05, 3.63) is 50.9 Å². The molecule has 126 valence electrons. The number of aromatic nitrogens is 3. The molecule has 0 aliphatic heterocycles. The van der Waals surface area contributed by atoms with Crippen LogP contribution in [0.15, 0.2) is 29.1 Å². The lowest BCUT2D eigenvalue weighted by atomic mass is 10.1. The van der Waals surface area contributed by atoms with Gasteiger partial charge in [-0.25, -0.2) is 4.98 Å². The molecular weight excluding hydrogens is 344 g/mol. The van der Waals surface area contributed by atoms with Crippen molar-refractivity contribution in [2.45, 2.75) is 27.3 Å². The third-order valence-electron chi connectivity index (χ3n) is 4.02. The molecule has 2 heterocycles. The zero-order chi connectivity index (χ0) is 17.3. The van der Waals surface area contributed by atoms with Crippen molar-refractivity contribution in [2.75, 3.05) is 13.1 Å². The molecule has 0 atom stereocenters. The molecule has 0 fully saturated rings. The highest BCUT2D eigenvalue weighted by atomic mass is 35.5. The molecule has 0 aliphatic carbocycles. The van der Waals surface area contributed by atoms with Crippen molar-refractivity contribution in [3.8, 4) is 10.6 Å². The number of hydrogen-bond acceptors (Lipinski definition) is 5. The van der Waals surface area contributed by atoms with Gasteiger partial charge in [0.25, 0.3) is 5.56 Å². The number of nitrogens with zero attached hydrogens (tertiary/aromatic N) is 4. The average Bonchev–Trinajstić information content (AvgIpc) is 3.02. The van der Waals surface area contributed by atoms with Gasteiger partial charge in [-0.3, -0.25) is 9.69 Å². The first-order chi connectivity index (χ1) is 11.5. The lowest BCUT2D eigenvalue weighted by molar-refractivity contribution is 0.296. The fourth-order valence-corrected chi connectivity index (χ4v) is 3.57. The Bertz CT molecular complexity index is 913. The molecule has 0 amide bonds. The summed E-state index contributed by atoms with van der Waals surface area (Å²) in [5.74, 6) is 0. The van der Waals surface area contributed by atoms with E-state index in [9.17, 15) is 4.79 Å². The van der Waals surface area contributed by atoms with Crippen molar-refractivity contribution < 1.29 is 0 Å². The van der Waals surface area contributed by atoms with Crippen LogP contribution in [0.3, 0.4) is 0 Å². The predicted molar refractivity (Wildman–Crippen MR) is 98.9 cm³/mol. The van der Waals surface area contributed by atoms with Crippen LogP contribution in [0.4, 0.5) is 0 Å². The monoisotopic (exact) mass is 362 g/mol. The number of benzene rings is 1. The Hall–Kier alpha value is -1.76. The molecule has 0 bridgehead atoms. The maximum absolute atomic E-state index is 12.2. The predicted octanol–water partition coefficient (Wildman–Crippen LogP) is 3.62. The summed E-state index contributed by atoms with van der Waals surface area (Å²) in [7, 11) is 0. The smallest absolute Gasteiger partial charge is 0.294 e. The number of fused-ring (bicyclic) bond motifs is 1. The van der Waals surface area contributed by atoms with Gasteiger partial charge in [-0.2, -0.15) is 9.61 Å². The Kier molecular flexibility index (Phi) is 4.99. The fraction of sp³-hybridized carbons (Fsp3) is 0.353. The summed E-state index contributed by atoms with van der Waals surface area (Å²) in [5, 5.41) is 5.26. The average molecular weight is 363 g/mol. The van der Waals surface area contributed by atoms with Crippen molar-refractivity contribution in [2.24, 2.45) is 0 Å². The zero-order valence-corrected chi connectivity index (χ0v) is 15.5. The molecule has 3 rings (SSSR count). The molecule has 1 aromatic carbocycles. The van der Waals surface area contributed by atoms with Gasteiger partial charge in [0, 0.05) is 12.1 Å². The number of rotatable bonds is 5. The van der Waals surface area contributed by atoms with Gasteiger partial charge in [0.05, 0.1) is 5.69 Å². The third-order valence-corrected chi connectivity index (χ3v) is 5.42. The number of halogens is 1. The zero-order valence-electron chi connectivity index (χ0n) is 13.9. The van der Waals surface area contributed by atoms with E-state index in [4.69, 9.17) is 11.6 Å². The maximum Gasteiger partial charge on any atom is 0.294 e. The molecule has 0 saturated heterocycles. The van der Waals surface area contributed by atoms with E-state index < -0.39 is 0 Å². The first kappa shape index (κ1) is 17.1. The minimum atomic E-state index is -0.320. The second kappa shape index (κ2) is 7.01. The Balaban J connectivity index is 1.93. The number of aryl methyl sites for hydroxylation is 1. The molecule has 2 aromatic heterocycles. The summed E-state index contributed by atoms with van der Waals surface area (Å²) >= 11 is 7.36. The summed E-state index contributed by atoms with van der Waals surface area (Å²) in [5.41, 5.74) is 2.45. The highest BCUT2D eigenvalue weighted by molar-refractivity contribution is 7.19. The van der Waals surface area contributed by atoms with Gasteiger partial charge in [-0.15, -0.1) is 0 Å². The van der Waals surface area contributed by atoms with E-state index in [1.54, 1.807) is 6.92 Å². The van der Waals surface area contributed by atoms with Gasteiger partial charge in [-0.1, -0.05) is 61.1 Å². The van der Waals surface area contributed by atoms with E-state index in [0.717, 1.165) is 30.2 Å². The van der Waals surface area contributed by atoms with E-state index in [1.807, 2.05) is 12.1 Å². The highest BCUT2D eigenvalue weighted by Gasteiger charge is 2.13. The Morgan fingerprint density at radius 1 is 1.21 bits per heavy atom. The summed E-state index contributed by atoms with van der Waals surface area (Å²) in [6.45, 7) is 9.05. The molecule has 0 unspecified atom stereocenters. The second-order valence-electron chi connectivity index (χ2n) is 5.58. The van der Waals surface area contributed by atoms with Crippen molar-refractivity contribution in [1.29, 1.82) is 0 Å². The van der Waals surface area contributed by atoms with E-state index in [2.05, 4.69) is 41.0 Å². The van der Waals surface area contributed by atoms with Gasteiger partial charge >= 0.3 is 0 Å². The van der Waals surface area contributed by atoms with Gasteiger partial charge in [0.15, 0.2) is 0 Å². The standard InChI is InChI=1S/C17H19ClN4OS/c1-4-21(5-2)10-12-6-8-13(9-7-12)15-20-22-16(23)14(18)11(3)19-17(22)24-15/h6-9H,4-5,10H2,1-3H3. The highest BCUT2D eigenvalue weighted by Crippen LogP contribution is 2.25. The maximum atomic E-state index is 12.2. The van der Waals surface area contributed by atoms with Crippen LogP contribution < -0.4 is 5.56 Å². The van der Waals surface area contributed by atoms with Crippen LogP contribution in [0.1, 0.15) is 25.1 Å². The third kappa shape index (κ3) is 3.22. The molecule has 24 heavy (non-hydrogen) atoms. The largest absolute Gasteiger partial charge is 0.300 e. The summed E-state index contributed by atoms with van der Waals surface area (Å²) in [6.07, 6.45) is 0.